The van der Waals surface area contributed by atoms with Crippen molar-refractivity contribution in [1.29, 1.82) is 0 Å². The summed E-state index contributed by atoms with van der Waals surface area (Å²) in [6.45, 7) is 8.68. The fourth-order valence-electron chi connectivity index (χ4n) is 3.33. The quantitative estimate of drug-likeness (QED) is 0.870. The van der Waals surface area contributed by atoms with E-state index in [2.05, 4.69) is 12.0 Å². The van der Waals surface area contributed by atoms with Gasteiger partial charge in [-0.25, -0.2) is 0 Å². The van der Waals surface area contributed by atoms with Crippen LogP contribution in [0.4, 0.5) is 5.69 Å². The number of fused-ring (bicyclic) bond motifs is 1. The van der Waals surface area contributed by atoms with Crippen LogP contribution in [0.25, 0.3) is 0 Å². The van der Waals surface area contributed by atoms with Gasteiger partial charge in [0.25, 0.3) is 0 Å². The number of carbonyl (C=O) groups is 1. The second kappa shape index (κ2) is 6.30. The van der Waals surface area contributed by atoms with Gasteiger partial charge in [0.1, 0.15) is 11.9 Å². The van der Waals surface area contributed by atoms with E-state index in [9.17, 15) is 4.79 Å². The lowest BCUT2D eigenvalue weighted by Gasteiger charge is -2.33. The molecule has 1 aromatic carbocycles. The van der Waals surface area contributed by atoms with Crippen molar-refractivity contribution < 1.29 is 9.53 Å². The minimum atomic E-state index is 0.00474. The van der Waals surface area contributed by atoms with Crippen molar-refractivity contribution in [2.45, 2.75) is 46.6 Å². The molecule has 128 valence electrons. The first-order valence-corrected chi connectivity index (χ1v) is 8.43. The predicted octanol–water partition coefficient (Wildman–Crippen LogP) is 3.09. The summed E-state index contributed by atoms with van der Waals surface area (Å²) in [5.74, 6) is 0.939. The average molecular weight is 327 g/mol. The molecule has 0 N–H and O–H groups in total. The zero-order valence-electron chi connectivity index (χ0n) is 15.1. The van der Waals surface area contributed by atoms with Crippen LogP contribution in [0, 0.1) is 20.8 Å². The number of aryl methyl sites for hydroxylation is 3. The molecule has 24 heavy (non-hydrogen) atoms. The normalized spacial score (nSPS) is 16.7. The summed E-state index contributed by atoms with van der Waals surface area (Å²) < 4.78 is 7.77. The molecule has 0 fully saturated rings. The number of amides is 1. The van der Waals surface area contributed by atoms with Crippen molar-refractivity contribution in [3.05, 3.63) is 40.7 Å². The second-order valence-corrected chi connectivity index (χ2v) is 6.68. The molecule has 1 aliphatic rings. The highest BCUT2D eigenvalue weighted by atomic mass is 16.5. The van der Waals surface area contributed by atoms with Crippen LogP contribution in [0.5, 0.6) is 5.75 Å². The van der Waals surface area contributed by atoms with Crippen molar-refractivity contribution in [2.75, 3.05) is 11.4 Å². The maximum Gasteiger partial charge on any atom is 0.227 e. The summed E-state index contributed by atoms with van der Waals surface area (Å²) >= 11 is 0. The van der Waals surface area contributed by atoms with Crippen LogP contribution in [0.15, 0.2) is 18.2 Å². The molecule has 3 rings (SSSR count). The van der Waals surface area contributed by atoms with E-state index < -0.39 is 0 Å². The number of hydrogen-bond donors (Lipinski definition) is 0. The lowest BCUT2D eigenvalue weighted by Crippen LogP contribution is -2.42. The average Bonchev–Trinajstić information content (AvgIpc) is 2.76. The molecule has 0 saturated carbocycles. The third kappa shape index (κ3) is 3.03. The van der Waals surface area contributed by atoms with E-state index in [0.717, 1.165) is 34.8 Å². The topological polar surface area (TPSA) is 47.4 Å². The van der Waals surface area contributed by atoms with Crippen molar-refractivity contribution in [3.8, 4) is 5.75 Å². The summed E-state index contributed by atoms with van der Waals surface area (Å²) in [4.78, 5) is 14.7. The molecule has 2 heterocycles. The molecule has 0 spiro atoms. The molecule has 5 heteroatoms. The standard InChI is InChI=1S/C19H25N3O2/c1-12-6-8-17-18(10-12)24-13(2)11-22(17)19(23)9-7-16-14(3)20-21(5)15(16)4/h6,8,10,13H,7,9,11H2,1-5H3/t13-/m1/s1. The molecule has 1 aromatic heterocycles. The van der Waals surface area contributed by atoms with Crippen molar-refractivity contribution in [3.63, 3.8) is 0 Å². The number of carbonyl (C=O) groups excluding carboxylic acids is 1. The SMILES string of the molecule is Cc1ccc2c(c1)O[C@H](C)CN2C(=O)CCc1c(C)nn(C)c1C. The van der Waals surface area contributed by atoms with Gasteiger partial charge in [-0.2, -0.15) is 5.10 Å². The Hall–Kier alpha value is -2.30. The minimum absolute atomic E-state index is 0.00474. The maximum atomic E-state index is 12.8. The third-order valence-corrected chi connectivity index (χ3v) is 4.72. The first-order valence-electron chi connectivity index (χ1n) is 8.43. The lowest BCUT2D eigenvalue weighted by atomic mass is 10.1. The molecule has 0 saturated heterocycles. The molecule has 1 aliphatic heterocycles. The fraction of sp³-hybridized carbons (Fsp3) is 0.474. The van der Waals surface area contributed by atoms with E-state index in [0.29, 0.717) is 13.0 Å². The zero-order chi connectivity index (χ0) is 17.4. The molecule has 0 bridgehead atoms. The zero-order valence-corrected chi connectivity index (χ0v) is 15.1. The Labute approximate surface area is 143 Å². The fourth-order valence-corrected chi connectivity index (χ4v) is 3.33. The van der Waals surface area contributed by atoms with Gasteiger partial charge in [0.05, 0.1) is 17.9 Å². The predicted molar refractivity (Wildman–Crippen MR) is 94.6 cm³/mol. The van der Waals surface area contributed by atoms with Crippen molar-refractivity contribution in [2.24, 2.45) is 7.05 Å². The summed E-state index contributed by atoms with van der Waals surface area (Å²) in [7, 11) is 1.94. The van der Waals surface area contributed by atoms with Crippen LogP contribution in [-0.2, 0) is 18.3 Å². The number of benzene rings is 1. The highest BCUT2D eigenvalue weighted by Gasteiger charge is 2.27. The molecular formula is C19H25N3O2. The Balaban J connectivity index is 1.78. The van der Waals surface area contributed by atoms with Crippen LogP contribution >= 0.6 is 0 Å². The molecule has 5 nitrogen and oxygen atoms in total. The Morgan fingerprint density at radius 3 is 2.75 bits per heavy atom. The van der Waals surface area contributed by atoms with Gasteiger partial charge < -0.3 is 9.64 Å². The van der Waals surface area contributed by atoms with E-state index in [1.54, 1.807) is 0 Å². The number of ether oxygens (including phenoxy) is 1. The highest BCUT2D eigenvalue weighted by Crippen LogP contribution is 2.34. The van der Waals surface area contributed by atoms with Gasteiger partial charge in [-0.1, -0.05) is 6.07 Å². The van der Waals surface area contributed by atoms with E-state index in [1.165, 1.54) is 5.56 Å². The van der Waals surface area contributed by atoms with Gasteiger partial charge in [-0.05, 0) is 57.4 Å². The van der Waals surface area contributed by atoms with Gasteiger partial charge >= 0.3 is 0 Å². The van der Waals surface area contributed by atoms with Crippen LogP contribution in [0.3, 0.4) is 0 Å². The Bertz CT molecular complexity index is 779. The second-order valence-electron chi connectivity index (χ2n) is 6.68. The molecule has 1 amide bonds. The Kier molecular flexibility index (Phi) is 4.35. The van der Waals surface area contributed by atoms with Crippen LogP contribution in [0.1, 0.15) is 35.9 Å². The summed E-state index contributed by atoms with van der Waals surface area (Å²) in [6, 6.07) is 6.00. The first-order chi connectivity index (χ1) is 11.4. The number of anilines is 1. The highest BCUT2D eigenvalue weighted by molar-refractivity contribution is 5.95. The van der Waals surface area contributed by atoms with Crippen molar-refractivity contribution in [1.82, 2.24) is 9.78 Å². The first kappa shape index (κ1) is 16.6. The molecular weight excluding hydrogens is 302 g/mol. The Morgan fingerprint density at radius 1 is 1.33 bits per heavy atom. The molecule has 0 unspecified atom stereocenters. The van der Waals surface area contributed by atoms with Crippen LogP contribution in [0.2, 0.25) is 0 Å². The van der Waals surface area contributed by atoms with E-state index in [4.69, 9.17) is 4.74 Å². The monoisotopic (exact) mass is 327 g/mol. The van der Waals surface area contributed by atoms with Gasteiger partial charge in [0, 0.05) is 19.2 Å². The summed E-state index contributed by atoms with van der Waals surface area (Å²) in [5.41, 5.74) is 5.33. The van der Waals surface area contributed by atoms with E-state index in [-0.39, 0.29) is 12.0 Å². The summed E-state index contributed by atoms with van der Waals surface area (Å²) in [5, 5.41) is 4.43. The Morgan fingerprint density at radius 2 is 2.08 bits per heavy atom. The number of rotatable bonds is 3. The smallest absolute Gasteiger partial charge is 0.227 e. The van der Waals surface area contributed by atoms with Crippen molar-refractivity contribution >= 4 is 11.6 Å². The van der Waals surface area contributed by atoms with Crippen LogP contribution in [-0.4, -0.2) is 28.3 Å². The van der Waals surface area contributed by atoms with E-state index >= 15 is 0 Å². The number of aromatic nitrogens is 2. The molecule has 0 aliphatic carbocycles. The van der Waals surface area contributed by atoms with E-state index in [1.807, 2.05) is 55.6 Å². The maximum absolute atomic E-state index is 12.8. The third-order valence-electron chi connectivity index (χ3n) is 4.72. The number of hydrogen-bond acceptors (Lipinski definition) is 3. The van der Waals surface area contributed by atoms with Gasteiger partial charge in [0.2, 0.25) is 5.91 Å². The largest absolute Gasteiger partial charge is 0.487 e. The summed E-state index contributed by atoms with van der Waals surface area (Å²) in [6.07, 6.45) is 1.20. The lowest BCUT2D eigenvalue weighted by molar-refractivity contribution is -0.119. The van der Waals surface area contributed by atoms with Gasteiger partial charge in [-0.15, -0.1) is 0 Å². The number of nitrogens with zero attached hydrogens (tertiary/aromatic N) is 3. The molecule has 1 atom stereocenters. The van der Waals surface area contributed by atoms with Gasteiger partial charge in [-0.3, -0.25) is 9.48 Å². The van der Waals surface area contributed by atoms with Gasteiger partial charge in [0.15, 0.2) is 0 Å². The molecule has 2 aromatic rings. The minimum Gasteiger partial charge on any atom is -0.487 e. The molecule has 0 radical (unpaired) electrons. The van der Waals surface area contributed by atoms with Crippen LogP contribution < -0.4 is 9.64 Å².